The van der Waals surface area contributed by atoms with E-state index in [0.717, 1.165) is 32.1 Å². The molecule has 0 heterocycles. The van der Waals surface area contributed by atoms with Gasteiger partial charge in [0, 0.05) is 35.4 Å². The summed E-state index contributed by atoms with van der Waals surface area (Å²) in [5.74, 6) is 2.55. The molecule has 0 aliphatic heterocycles. The summed E-state index contributed by atoms with van der Waals surface area (Å²) in [5, 5.41) is 0. The van der Waals surface area contributed by atoms with E-state index in [2.05, 4.69) is 0 Å². The first-order chi connectivity index (χ1) is 9.53. The van der Waals surface area contributed by atoms with Crippen LogP contribution in [0.2, 0.25) is 0 Å². The SMILES string of the molecule is O=C(CCCl)C12CC3CC(C1)CC(C(=O)CCCl)(C3)C2. The highest BCUT2D eigenvalue weighted by Crippen LogP contribution is 2.66. The second kappa shape index (κ2) is 5.28. The van der Waals surface area contributed by atoms with Crippen molar-refractivity contribution in [1.82, 2.24) is 0 Å². The molecule has 4 rings (SSSR count). The molecule has 0 N–H and O–H groups in total. The van der Waals surface area contributed by atoms with Gasteiger partial charge in [-0.1, -0.05) is 0 Å². The molecule has 0 atom stereocenters. The summed E-state index contributed by atoms with van der Waals surface area (Å²) in [7, 11) is 0. The molecular formula is C16H22Cl2O2. The number of Topliss-reactive ketones (excluding diaryl/α,β-unsaturated/α-hetero) is 2. The number of rotatable bonds is 6. The van der Waals surface area contributed by atoms with Crippen molar-refractivity contribution in [2.24, 2.45) is 22.7 Å². The van der Waals surface area contributed by atoms with Crippen molar-refractivity contribution in [3.8, 4) is 0 Å². The lowest BCUT2D eigenvalue weighted by atomic mass is 9.42. The molecule has 20 heavy (non-hydrogen) atoms. The Balaban J connectivity index is 1.89. The third kappa shape index (κ3) is 2.23. The summed E-state index contributed by atoms with van der Waals surface area (Å²) in [6, 6.07) is 0. The lowest BCUT2D eigenvalue weighted by Gasteiger charge is -2.61. The first-order valence-electron chi connectivity index (χ1n) is 7.72. The van der Waals surface area contributed by atoms with Gasteiger partial charge in [-0.2, -0.15) is 0 Å². The zero-order valence-corrected chi connectivity index (χ0v) is 13.3. The van der Waals surface area contributed by atoms with E-state index in [-0.39, 0.29) is 10.8 Å². The first-order valence-corrected chi connectivity index (χ1v) is 8.79. The van der Waals surface area contributed by atoms with Crippen molar-refractivity contribution in [3.05, 3.63) is 0 Å². The van der Waals surface area contributed by atoms with E-state index in [0.29, 0.717) is 48.0 Å². The van der Waals surface area contributed by atoms with Crippen LogP contribution in [0.25, 0.3) is 0 Å². The molecule has 4 bridgehead atoms. The van der Waals surface area contributed by atoms with Crippen molar-refractivity contribution < 1.29 is 9.59 Å². The molecule has 0 radical (unpaired) electrons. The Kier molecular flexibility index (Phi) is 3.92. The van der Waals surface area contributed by atoms with E-state index in [9.17, 15) is 9.59 Å². The molecule has 4 aliphatic carbocycles. The highest BCUT2D eigenvalue weighted by atomic mass is 35.5. The summed E-state index contributed by atoms with van der Waals surface area (Å²) < 4.78 is 0. The van der Waals surface area contributed by atoms with Crippen LogP contribution in [-0.4, -0.2) is 23.3 Å². The van der Waals surface area contributed by atoms with Crippen LogP contribution in [-0.2, 0) is 9.59 Å². The van der Waals surface area contributed by atoms with Crippen LogP contribution in [0.4, 0.5) is 0 Å². The number of halogens is 2. The molecule has 4 saturated carbocycles. The number of hydrogen-bond donors (Lipinski definition) is 0. The average Bonchev–Trinajstić information content (AvgIpc) is 2.37. The average molecular weight is 317 g/mol. The van der Waals surface area contributed by atoms with E-state index in [1.54, 1.807) is 0 Å². The summed E-state index contributed by atoms with van der Waals surface area (Å²) in [6.07, 6.45) is 6.89. The van der Waals surface area contributed by atoms with Crippen LogP contribution in [0.1, 0.15) is 51.4 Å². The molecule has 4 fully saturated rings. The molecule has 0 aromatic heterocycles. The standard InChI is InChI=1S/C16H22Cl2O2/c17-3-1-13(19)15-6-11-5-12(7-15)9-16(8-11,10-15)14(20)2-4-18/h11-12H,1-10H2. The second-order valence-electron chi connectivity index (χ2n) is 7.25. The minimum atomic E-state index is -0.235. The molecule has 0 saturated heterocycles. The Morgan fingerprint density at radius 3 is 1.60 bits per heavy atom. The van der Waals surface area contributed by atoms with Crippen molar-refractivity contribution in [2.75, 3.05) is 11.8 Å². The maximum atomic E-state index is 12.6. The normalized spacial score (nSPS) is 41.9. The molecule has 112 valence electrons. The number of hydrogen-bond acceptors (Lipinski definition) is 2. The molecule has 0 unspecified atom stereocenters. The summed E-state index contributed by atoms with van der Waals surface area (Å²) in [5.41, 5.74) is -0.470. The maximum absolute atomic E-state index is 12.6. The molecule has 0 aromatic rings. The van der Waals surface area contributed by atoms with E-state index in [4.69, 9.17) is 23.2 Å². The van der Waals surface area contributed by atoms with Crippen LogP contribution >= 0.6 is 23.2 Å². The quantitative estimate of drug-likeness (QED) is 0.695. The van der Waals surface area contributed by atoms with Crippen molar-refractivity contribution >= 4 is 34.8 Å². The molecule has 4 aliphatic rings. The Morgan fingerprint density at radius 2 is 1.25 bits per heavy atom. The highest BCUT2D eigenvalue weighted by Gasteiger charge is 2.61. The minimum Gasteiger partial charge on any atom is -0.299 e. The highest BCUT2D eigenvalue weighted by molar-refractivity contribution is 6.19. The first kappa shape index (κ1) is 14.8. The summed E-state index contributed by atoms with van der Waals surface area (Å²) in [4.78, 5) is 25.2. The minimum absolute atomic E-state index is 0.235. The lowest BCUT2D eigenvalue weighted by molar-refractivity contribution is -0.164. The van der Waals surface area contributed by atoms with Crippen LogP contribution in [0.3, 0.4) is 0 Å². The van der Waals surface area contributed by atoms with Gasteiger partial charge in [0.2, 0.25) is 0 Å². The van der Waals surface area contributed by atoms with Gasteiger partial charge in [0.25, 0.3) is 0 Å². The van der Waals surface area contributed by atoms with Gasteiger partial charge in [-0.15, -0.1) is 23.2 Å². The van der Waals surface area contributed by atoms with Gasteiger partial charge in [0.15, 0.2) is 0 Å². The van der Waals surface area contributed by atoms with Gasteiger partial charge in [-0.3, -0.25) is 9.59 Å². The van der Waals surface area contributed by atoms with E-state index in [1.165, 1.54) is 6.42 Å². The fraction of sp³-hybridized carbons (Fsp3) is 0.875. The van der Waals surface area contributed by atoms with E-state index < -0.39 is 0 Å². The van der Waals surface area contributed by atoms with Gasteiger partial charge in [-0.25, -0.2) is 0 Å². The second-order valence-corrected chi connectivity index (χ2v) is 8.00. The predicted molar refractivity (Wildman–Crippen MR) is 80.2 cm³/mol. The molecule has 0 spiro atoms. The fourth-order valence-electron chi connectivity index (χ4n) is 5.62. The third-order valence-corrected chi connectivity index (χ3v) is 6.27. The molecule has 2 nitrogen and oxygen atoms in total. The largest absolute Gasteiger partial charge is 0.299 e. The van der Waals surface area contributed by atoms with Crippen LogP contribution in [0.15, 0.2) is 0 Å². The van der Waals surface area contributed by atoms with Gasteiger partial charge in [0.05, 0.1) is 0 Å². The molecule has 4 heteroatoms. The number of carbonyl (C=O) groups excluding carboxylic acids is 2. The van der Waals surface area contributed by atoms with Crippen LogP contribution < -0.4 is 0 Å². The van der Waals surface area contributed by atoms with Gasteiger partial charge in [0.1, 0.15) is 11.6 Å². The number of carbonyl (C=O) groups is 2. The van der Waals surface area contributed by atoms with Crippen molar-refractivity contribution in [3.63, 3.8) is 0 Å². The van der Waals surface area contributed by atoms with Gasteiger partial charge < -0.3 is 0 Å². The number of ketones is 2. The topological polar surface area (TPSA) is 34.1 Å². The summed E-state index contributed by atoms with van der Waals surface area (Å²) in [6.45, 7) is 0. The van der Waals surface area contributed by atoms with Gasteiger partial charge in [-0.05, 0) is 50.4 Å². The molecular weight excluding hydrogens is 295 g/mol. The van der Waals surface area contributed by atoms with Gasteiger partial charge >= 0.3 is 0 Å². The smallest absolute Gasteiger partial charge is 0.140 e. The molecule has 0 amide bonds. The van der Waals surface area contributed by atoms with E-state index >= 15 is 0 Å². The molecule has 0 aromatic carbocycles. The Hall–Kier alpha value is -0.0800. The monoisotopic (exact) mass is 316 g/mol. The van der Waals surface area contributed by atoms with E-state index in [1.807, 2.05) is 0 Å². The fourth-order valence-corrected chi connectivity index (χ4v) is 5.96. The Morgan fingerprint density at radius 1 is 0.850 bits per heavy atom. The third-order valence-electron chi connectivity index (χ3n) is 5.89. The zero-order chi connectivity index (χ0) is 14.4. The van der Waals surface area contributed by atoms with Crippen LogP contribution in [0, 0.1) is 22.7 Å². The summed E-state index contributed by atoms with van der Waals surface area (Å²) >= 11 is 11.6. The van der Waals surface area contributed by atoms with Crippen molar-refractivity contribution in [2.45, 2.75) is 51.4 Å². The van der Waals surface area contributed by atoms with Crippen LogP contribution in [0.5, 0.6) is 0 Å². The predicted octanol–water partition coefficient (Wildman–Crippen LogP) is 3.97. The van der Waals surface area contributed by atoms with Crippen molar-refractivity contribution in [1.29, 1.82) is 0 Å². The lowest BCUT2D eigenvalue weighted by Crippen LogP contribution is -2.57. The zero-order valence-electron chi connectivity index (χ0n) is 11.8. The number of alkyl halides is 2. The Labute approximate surface area is 130 Å². The Bertz CT molecular complexity index is 382. The maximum Gasteiger partial charge on any atom is 0.140 e.